The van der Waals surface area contributed by atoms with Gasteiger partial charge in [0.15, 0.2) is 0 Å². The van der Waals surface area contributed by atoms with Crippen LogP contribution in [-0.2, 0) is 0 Å². The first kappa shape index (κ1) is 82.5. The Hall–Kier alpha value is 3.27. The maximum Gasteiger partial charge on any atom is 1.00 e. The molecule has 7 heavy (non-hydrogen) atoms. The second kappa shape index (κ2) is 59.2. The molecule has 0 unspecified atom stereocenters. The minimum absolute atomic E-state index is 0. The molecule has 0 bridgehead atoms. The minimum Gasteiger partial charge on any atom is -1.00 e. The van der Waals surface area contributed by atoms with Gasteiger partial charge in [-0.2, -0.15) is 0 Å². The topological polar surface area (TPSA) is 0 Å². The van der Waals surface area contributed by atoms with Crippen LogP contribution in [0.1, 0.15) is 31.1 Å². The molecular weight excluding hydrogens is 138 g/mol. The summed E-state index contributed by atoms with van der Waals surface area (Å²) in [4.78, 5) is 0. The Kier molecular flexibility index (Phi) is 698. The van der Waals surface area contributed by atoms with Gasteiger partial charge in [0.05, 0.1) is 0 Å². The molecule has 2 heteroatoms. The molecule has 42 valence electrons. The molecule has 0 saturated carbocycles. The molecule has 0 N–H and O–H groups in total. The van der Waals surface area contributed by atoms with E-state index in [4.69, 9.17) is 0 Å². The average molecular weight is 160 g/mol. The number of hydrogen-bond donors (Lipinski definition) is 0. The molecule has 0 radical (unpaired) electrons. The fraction of sp³-hybridized carbons (Fsp3) is 0.800. The number of hydrogen-bond acceptors (Lipinski definition) is 0. The maximum atomic E-state index is 0. The van der Waals surface area contributed by atoms with Gasteiger partial charge in [-0.15, -0.1) is 0 Å². The molecule has 0 fully saturated rings. The van der Waals surface area contributed by atoms with Crippen LogP contribution in [-0.4, -0.2) is 0 Å². The van der Waals surface area contributed by atoms with Gasteiger partial charge in [-0.3, -0.25) is 0 Å². The van der Waals surface area contributed by atoms with Crippen molar-refractivity contribution in [1.29, 1.82) is 0 Å². The Bertz CT molecular complexity index is 10.4. The van der Waals surface area contributed by atoms with E-state index in [0.29, 0.717) is 0 Å². The van der Waals surface area contributed by atoms with E-state index in [1.165, 1.54) is 0 Å². The summed E-state index contributed by atoms with van der Waals surface area (Å²) in [5.74, 6) is 0. The van der Waals surface area contributed by atoms with Crippen molar-refractivity contribution in [3.63, 3.8) is 0 Å². The van der Waals surface area contributed by atoms with Crippen LogP contribution in [0.4, 0.5) is 0 Å². The van der Waals surface area contributed by atoms with Crippen molar-refractivity contribution in [2.75, 3.05) is 0 Å². The van der Waals surface area contributed by atoms with Crippen LogP contribution in [0.25, 0.3) is 0 Å². The monoisotopic (exact) mass is 160 g/mol. The van der Waals surface area contributed by atoms with Crippen LogP contribution >= 0.6 is 0 Å². The van der Waals surface area contributed by atoms with Crippen LogP contribution in [0.15, 0.2) is 0 Å². The summed E-state index contributed by atoms with van der Waals surface area (Å²) in [6.45, 7) is 0. The van der Waals surface area contributed by atoms with Gasteiger partial charge in [0.2, 0.25) is 0 Å². The fourth-order valence-corrected chi connectivity index (χ4v) is 0. The Labute approximate surface area is 138 Å². The van der Waals surface area contributed by atoms with Crippen molar-refractivity contribution in [3.8, 4) is 0 Å². The van der Waals surface area contributed by atoms with Gasteiger partial charge in [-0.05, 0) is 0 Å². The van der Waals surface area contributed by atoms with Crippen LogP contribution in [0.2, 0.25) is 0 Å². The third-order valence-electron chi connectivity index (χ3n) is 0. The molecule has 0 saturated heterocycles. The molecule has 0 rings (SSSR count). The number of rotatable bonds is 0. The summed E-state index contributed by atoms with van der Waals surface area (Å²) in [7, 11) is 0. The SMILES string of the molecule is C.C.C.C.[3H-].[CH3-].[K+].[K+]. The van der Waals surface area contributed by atoms with Crippen molar-refractivity contribution in [1.82, 2.24) is 0 Å². The molecule has 0 aliphatic carbocycles. The minimum atomic E-state index is 0. The zero-order chi connectivity index (χ0) is 0. The molecule has 0 aliphatic rings. The van der Waals surface area contributed by atoms with E-state index < -0.39 is 0 Å². The van der Waals surface area contributed by atoms with E-state index >= 15 is 0 Å². The normalized spacial score (nSPS) is 0. The maximum absolute atomic E-state index is 0. The van der Waals surface area contributed by atoms with Gasteiger partial charge in [-0.1, -0.05) is 29.7 Å². The predicted molar refractivity (Wildman–Crippen MR) is 34.4 cm³/mol. The molecule has 0 aromatic heterocycles. The van der Waals surface area contributed by atoms with Gasteiger partial charge >= 0.3 is 103 Å². The van der Waals surface area contributed by atoms with Crippen molar-refractivity contribution in [2.45, 2.75) is 29.7 Å². The first-order chi connectivity index (χ1) is 0. The summed E-state index contributed by atoms with van der Waals surface area (Å²) in [6, 6.07) is 0. The molecular formula is C5H20K2. The van der Waals surface area contributed by atoms with Crippen LogP contribution in [0, 0.1) is 7.43 Å². The van der Waals surface area contributed by atoms with Crippen LogP contribution < -0.4 is 103 Å². The van der Waals surface area contributed by atoms with E-state index in [1.54, 1.807) is 0 Å². The zero-order valence-corrected chi connectivity index (χ0v) is 9.25. The smallest absolute Gasteiger partial charge is 1.00 e. The Morgan fingerprint density at radius 3 is 0.571 bits per heavy atom. The first-order valence-corrected chi connectivity index (χ1v) is 0. The van der Waals surface area contributed by atoms with Gasteiger partial charge in [0.1, 0.15) is 0 Å². The Morgan fingerprint density at radius 2 is 0.571 bits per heavy atom. The standard InChI is InChI=1S/4CH4.CH3.2K.H/h4*1H4;1H3;;;/q;;;;-1;2*+1;-1/i;;;;;;;1+2. The summed E-state index contributed by atoms with van der Waals surface area (Å²) < 4.78 is 0. The second-order valence-corrected chi connectivity index (χ2v) is 0. The van der Waals surface area contributed by atoms with Crippen LogP contribution in [0.5, 0.6) is 0 Å². The van der Waals surface area contributed by atoms with Gasteiger partial charge in [0, 0.05) is 0 Å². The molecule has 0 aliphatic heterocycles. The van der Waals surface area contributed by atoms with Crippen molar-refractivity contribution in [2.24, 2.45) is 0 Å². The zero-order valence-electron chi connectivity index (χ0n) is 4.00. The van der Waals surface area contributed by atoms with E-state index in [2.05, 4.69) is 0 Å². The van der Waals surface area contributed by atoms with Crippen molar-refractivity contribution < 1.29 is 104 Å². The van der Waals surface area contributed by atoms with E-state index in [0.717, 1.165) is 0 Å². The molecule has 0 amide bonds. The van der Waals surface area contributed by atoms with Crippen molar-refractivity contribution in [3.05, 3.63) is 7.43 Å². The summed E-state index contributed by atoms with van der Waals surface area (Å²) in [5, 5.41) is 0. The van der Waals surface area contributed by atoms with E-state index in [1.807, 2.05) is 0 Å². The summed E-state index contributed by atoms with van der Waals surface area (Å²) in [6.07, 6.45) is 0. The van der Waals surface area contributed by atoms with Crippen LogP contribution in [0.3, 0.4) is 0 Å². The molecule has 0 nitrogen and oxygen atoms in total. The largest absolute Gasteiger partial charge is 1.00 e. The predicted octanol–water partition coefficient (Wildman–Crippen LogP) is -2.88. The van der Waals surface area contributed by atoms with Crippen molar-refractivity contribution >= 4 is 0 Å². The Morgan fingerprint density at radius 1 is 0.571 bits per heavy atom. The molecule has 0 aromatic rings. The summed E-state index contributed by atoms with van der Waals surface area (Å²) in [5.41, 5.74) is 0. The average Bonchev–Trinajstić information content (AvgIpc) is 0. The molecule has 0 heterocycles. The Balaban J connectivity index is 0. The van der Waals surface area contributed by atoms with Gasteiger partial charge < -0.3 is 8.85 Å². The molecule has 0 aromatic carbocycles. The third kappa shape index (κ3) is 45.8. The fourth-order valence-electron chi connectivity index (χ4n) is 0. The summed E-state index contributed by atoms with van der Waals surface area (Å²) >= 11 is 0. The quantitative estimate of drug-likeness (QED) is 0.264. The van der Waals surface area contributed by atoms with E-state index in [9.17, 15) is 0 Å². The third-order valence-corrected chi connectivity index (χ3v) is 0. The second-order valence-electron chi connectivity index (χ2n) is 0. The van der Waals surface area contributed by atoms with Gasteiger partial charge in [-0.25, -0.2) is 0 Å². The molecule has 0 atom stereocenters. The van der Waals surface area contributed by atoms with Gasteiger partial charge in [0.25, 0.3) is 0 Å². The van der Waals surface area contributed by atoms with E-state index in [-0.39, 0.29) is 141 Å². The molecule has 0 spiro atoms. The first-order valence-electron chi connectivity index (χ1n) is 0.